The zero-order valence-corrected chi connectivity index (χ0v) is 17.2. The fraction of sp³-hybridized carbons (Fsp3) is 0.316. The number of hydrogen-bond acceptors (Lipinski definition) is 2. The monoisotopic (exact) mass is 475 g/mol. The van der Waals surface area contributed by atoms with Gasteiger partial charge in [0.1, 0.15) is 17.4 Å². The van der Waals surface area contributed by atoms with Gasteiger partial charge in [-0.1, -0.05) is 12.1 Å². The first-order valence-corrected chi connectivity index (χ1v) is 8.20. The highest BCUT2D eigenvalue weighted by atomic mass is 127. The molecule has 0 atom stereocenters. The van der Waals surface area contributed by atoms with Crippen LogP contribution < -0.4 is 15.4 Å². The van der Waals surface area contributed by atoms with Crippen molar-refractivity contribution in [2.45, 2.75) is 19.9 Å². The van der Waals surface area contributed by atoms with E-state index in [9.17, 15) is 8.78 Å². The topological polar surface area (TPSA) is 45.7 Å². The molecule has 0 amide bonds. The molecule has 0 saturated heterocycles. The number of halogens is 3. The molecule has 2 aromatic rings. The number of nitrogens with zero attached hydrogens (tertiary/aromatic N) is 1. The van der Waals surface area contributed by atoms with E-state index in [1.807, 2.05) is 31.2 Å². The minimum atomic E-state index is -0.560. The second-order valence-electron chi connectivity index (χ2n) is 5.50. The molecule has 0 aliphatic carbocycles. The minimum absolute atomic E-state index is 0. The molecular formula is C19H24F2IN3O. The van der Waals surface area contributed by atoms with Gasteiger partial charge in [0.05, 0.1) is 13.7 Å². The summed E-state index contributed by atoms with van der Waals surface area (Å²) in [5.41, 5.74) is 1.67. The first-order valence-electron chi connectivity index (χ1n) is 8.20. The molecule has 0 bridgehead atoms. The summed E-state index contributed by atoms with van der Waals surface area (Å²) in [5.74, 6) is 0.348. The lowest BCUT2D eigenvalue weighted by molar-refractivity contribution is 0.414. The van der Waals surface area contributed by atoms with Gasteiger partial charge in [0.15, 0.2) is 5.96 Å². The maximum atomic E-state index is 13.2. The molecule has 2 aromatic carbocycles. The molecule has 26 heavy (non-hydrogen) atoms. The molecular weight excluding hydrogens is 451 g/mol. The Hall–Kier alpha value is -1.90. The van der Waals surface area contributed by atoms with Gasteiger partial charge in [-0.05, 0) is 48.7 Å². The zero-order valence-electron chi connectivity index (χ0n) is 14.9. The van der Waals surface area contributed by atoms with Crippen LogP contribution in [-0.2, 0) is 13.0 Å². The lowest BCUT2D eigenvalue weighted by atomic mass is 10.1. The van der Waals surface area contributed by atoms with Crippen LogP contribution >= 0.6 is 24.0 Å². The van der Waals surface area contributed by atoms with Crippen LogP contribution in [0.1, 0.15) is 18.1 Å². The van der Waals surface area contributed by atoms with E-state index < -0.39 is 11.6 Å². The van der Waals surface area contributed by atoms with E-state index in [2.05, 4.69) is 15.6 Å². The fourth-order valence-electron chi connectivity index (χ4n) is 2.32. The van der Waals surface area contributed by atoms with Gasteiger partial charge in [0.2, 0.25) is 0 Å². The molecule has 0 aromatic heterocycles. The average Bonchev–Trinajstić information content (AvgIpc) is 2.59. The number of benzene rings is 2. The van der Waals surface area contributed by atoms with Crippen molar-refractivity contribution in [3.05, 3.63) is 65.2 Å². The van der Waals surface area contributed by atoms with Crippen molar-refractivity contribution in [3.8, 4) is 5.75 Å². The molecule has 7 heteroatoms. The molecule has 0 heterocycles. The Bertz CT molecular complexity index is 688. The maximum absolute atomic E-state index is 13.2. The molecule has 0 aliphatic heterocycles. The van der Waals surface area contributed by atoms with Gasteiger partial charge in [-0.2, -0.15) is 0 Å². The summed E-state index contributed by atoms with van der Waals surface area (Å²) in [4.78, 5) is 4.51. The lowest BCUT2D eigenvalue weighted by Crippen LogP contribution is -2.38. The largest absolute Gasteiger partial charge is 0.497 e. The van der Waals surface area contributed by atoms with E-state index in [4.69, 9.17) is 4.74 Å². The Morgan fingerprint density at radius 2 is 1.65 bits per heavy atom. The first kappa shape index (κ1) is 22.1. The van der Waals surface area contributed by atoms with E-state index in [1.165, 1.54) is 12.1 Å². The predicted octanol–water partition coefficient (Wildman–Crippen LogP) is 3.89. The average molecular weight is 475 g/mol. The molecule has 0 unspecified atom stereocenters. The summed E-state index contributed by atoms with van der Waals surface area (Å²) in [5, 5.41) is 6.32. The predicted molar refractivity (Wildman–Crippen MR) is 111 cm³/mol. The number of nitrogens with one attached hydrogen (secondary N) is 2. The Balaban J connectivity index is 0.00000338. The van der Waals surface area contributed by atoms with E-state index in [0.29, 0.717) is 31.0 Å². The summed E-state index contributed by atoms with van der Waals surface area (Å²) in [6.45, 7) is 3.75. The van der Waals surface area contributed by atoms with Gasteiger partial charge in [0, 0.05) is 19.2 Å². The second kappa shape index (κ2) is 11.7. The third kappa shape index (κ3) is 7.55. The van der Waals surface area contributed by atoms with Crippen LogP contribution in [0.5, 0.6) is 5.75 Å². The quantitative estimate of drug-likeness (QED) is 0.363. The van der Waals surface area contributed by atoms with E-state index >= 15 is 0 Å². The third-order valence-electron chi connectivity index (χ3n) is 3.55. The molecule has 142 valence electrons. The molecule has 0 fully saturated rings. The second-order valence-corrected chi connectivity index (χ2v) is 5.50. The molecule has 0 aliphatic rings. The SMILES string of the molecule is CCNC(=NCc1ccc(OC)cc1)NCCc1cc(F)cc(F)c1.I. The van der Waals surface area contributed by atoms with E-state index in [1.54, 1.807) is 7.11 Å². The van der Waals surface area contributed by atoms with Crippen LogP contribution in [0.15, 0.2) is 47.5 Å². The van der Waals surface area contributed by atoms with Crippen molar-refractivity contribution < 1.29 is 13.5 Å². The molecule has 2 rings (SSSR count). The van der Waals surface area contributed by atoms with Gasteiger partial charge >= 0.3 is 0 Å². The lowest BCUT2D eigenvalue weighted by Gasteiger charge is -2.11. The number of rotatable bonds is 7. The van der Waals surface area contributed by atoms with Crippen LogP contribution in [0, 0.1) is 11.6 Å². The van der Waals surface area contributed by atoms with Crippen LogP contribution in [0.25, 0.3) is 0 Å². The normalized spacial score (nSPS) is 10.8. The maximum Gasteiger partial charge on any atom is 0.191 e. The molecule has 4 nitrogen and oxygen atoms in total. The minimum Gasteiger partial charge on any atom is -0.497 e. The Morgan fingerprint density at radius 1 is 1.00 bits per heavy atom. The van der Waals surface area contributed by atoms with Crippen molar-refractivity contribution in [2.24, 2.45) is 4.99 Å². The fourth-order valence-corrected chi connectivity index (χ4v) is 2.32. The van der Waals surface area contributed by atoms with Crippen LogP contribution in [0.4, 0.5) is 8.78 Å². The van der Waals surface area contributed by atoms with Crippen molar-refractivity contribution in [3.63, 3.8) is 0 Å². The van der Waals surface area contributed by atoms with E-state index in [-0.39, 0.29) is 24.0 Å². The van der Waals surface area contributed by atoms with Crippen molar-refractivity contribution in [1.82, 2.24) is 10.6 Å². The highest BCUT2D eigenvalue weighted by molar-refractivity contribution is 14.0. The third-order valence-corrected chi connectivity index (χ3v) is 3.55. The summed E-state index contributed by atoms with van der Waals surface area (Å²) in [7, 11) is 1.63. The van der Waals surface area contributed by atoms with Crippen LogP contribution in [0.2, 0.25) is 0 Å². The smallest absolute Gasteiger partial charge is 0.191 e. The summed E-state index contributed by atoms with van der Waals surface area (Å²) < 4.78 is 31.5. The number of hydrogen-bond donors (Lipinski definition) is 2. The Kier molecular flexibility index (Phi) is 9.93. The Morgan fingerprint density at radius 3 is 2.23 bits per heavy atom. The molecule has 2 N–H and O–H groups in total. The summed E-state index contributed by atoms with van der Waals surface area (Å²) in [6, 6.07) is 11.3. The standard InChI is InChI=1S/C19H23F2N3O.HI/c1-3-22-19(24-13-14-4-6-18(25-2)7-5-14)23-9-8-15-10-16(20)12-17(21)11-15;/h4-7,10-12H,3,8-9,13H2,1-2H3,(H2,22,23,24);1H. The number of methoxy groups -OCH3 is 1. The molecule has 0 saturated carbocycles. The molecule has 0 radical (unpaired) electrons. The molecule has 0 spiro atoms. The number of ether oxygens (including phenoxy) is 1. The zero-order chi connectivity index (χ0) is 18.1. The van der Waals surface area contributed by atoms with Gasteiger partial charge in [0.25, 0.3) is 0 Å². The highest BCUT2D eigenvalue weighted by Gasteiger charge is 2.02. The summed E-state index contributed by atoms with van der Waals surface area (Å²) in [6.07, 6.45) is 0.502. The number of aliphatic imine (C=N–C) groups is 1. The summed E-state index contributed by atoms with van der Waals surface area (Å²) >= 11 is 0. The van der Waals surface area contributed by atoms with Crippen molar-refractivity contribution in [2.75, 3.05) is 20.2 Å². The highest BCUT2D eigenvalue weighted by Crippen LogP contribution is 2.12. The van der Waals surface area contributed by atoms with Crippen LogP contribution in [0.3, 0.4) is 0 Å². The van der Waals surface area contributed by atoms with Gasteiger partial charge in [-0.25, -0.2) is 13.8 Å². The van der Waals surface area contributed by atoms with Gasteiger partial charge < -0.3 is 15.4 Å². The van der Waals surface area contributed by atoms with Gasteiger partial charge in [-0.15, -0.1) is 24.0 Å². The van der Waals surface area contributed by atoms with Gasteiger partial charge in [-0.3, -0.25) is 0 Å². The Labute approximate surface area is 170 Å². The first-order chi connectivity index (χ1) is 12.1. The van der Waals surface area contributed by atoms with Crippen LogP contribution in [-0.4, -0.2) is 26.2 Å². The number of guanidine groups is 1. The van der Waals surface area contributed by atoms with Crippen molar-refractivity contribution >= 4 is 29.9 Å². The van der Waals surface area contributed by atoms with E-state index in [0.717, 1.165) is 23.9 Å². The van der Waals surface area contributed by atoms with Crippen molar-refractivity contribution in [1.29, 1.82) is 0 Å².